The second kappa shape index (κ2) is 10.8. The van der Waals surface area contributed by atoms with Crippen molar-refractivity contribution in [3.05, 3.63) is 65.7 Å². The Kier molecular flexibility index (Phi) is 8.42. The first kappa shape index (κ1) is 22.6. The summed E-state index contributed by atoms with van der Waals surface area (Å²) in [6, 6.07) is 14.0. The highest BCUT2D eigenvalue weighted by molar-refractivity contribution is 7.89. The molecular formula is C22H27NO5S. The van der Waals surface area contributed by atoms with Crippen molar-refractivity contribution in [2.45, 2.75) is 25.7 Å². The summed E-state index contributed by atoms with van der Waals surface area (Å²) in [5, 5.41) is 0. The second-order valence-electron chi connectivity index (χ2n) is 6.32. The Morgan fingerprint density at radius 3 is 2.17 bits per heavy atom. The summed E-state index contributed by atoms with van der Waals surface area (Å²) >= 11 is 0. The zero-order valence-electron chi connectivity index (χ0n) is 17.0. The first-order valence-electron chi connectivity index (χ1n) is 9.51. The third-order valence-electron chi connectivity index (χ3n) is 4.25. The molecule has 0 unspecified atom stereocenters. The van der Waals surface area contributed by atoms with Crippen molar-refractivity contribution in [1.82, 2.24) is 4.31 Å². The monoisotopic (exact) mass is 417 g/mol. The molecule has 0 heterocycles. The number of carbonyl (C=O) groups excluding carboxylic acids is 1. The molecule has 7 heteroatoms. The van der Waals surface area contributed by atoms with Crippen molar-refractivity contribution in [3.63, 3.8) is 0 Å². The van der Waals surface area contributed by atoms with Crippen LogP contribution in [0.1, 0.15) is 25.0 Å². The first-order chi connectivity index (χ1) is 13.9. The number of carbonyl (C=O) groups is 1. The van der Waals surface area contributed by atoms with Gasteiger partial charge in [-0.1, -0.05) is 43.7 Å². The molecule has 2 rings (SSSR count). The molecule has 0 aromatic heterocycles. The van der Waals surface area contributed by atoms with E-state index < -0.39 is 16.0 Å². The average molecular weight is 418 g/mol. The second-order valence-corrected chi connectivity index (χ2v) is 8.26. The average Bonchev–Trinajstić information content (AvgIpc) is 2.72. The van der Waals surface area contributed by atoms with Crippen molar-refractivity contribution in [2.24, 2.45) is 0 Å². The molecule has 0 aliphatic heterocycles. The van der Waals surface area contributed by atoms with Crippen LogP contribution >= 0.6 is 0 Å². The molecule has 0 saturated heterocycles. The predicted molar refractivity (Wildman–Crippen MR) is 113 cm³/mol. The van der Waals surface area contributed by atoms with Crippen LogP contribution < -0.4 is 4.74 Å². The van der Waals surface area contributed by atoms with Crippen molar-refractivity contribution >= 4 is 22.1 Å². The number of benzene rings is 2. The summed E-state index contributed by atoms with van der Waals surface area (Å²) in [4.78, 5) is 12.0. The summed E-state index contributed by atoms with van der Waals surface area (Å²) in [5.74, 6) is 0.235. The van der Waals surface area contributed by atoms with Crippen LogP contribution in [0.5, 0.6) is 5.75 Å². The number of rotatable bonds is 10. The van der Waals surface area contributed by atoms with Gasteiger partial charge in [0.2, 0.25) is 10.0 Å². The molecule has 6 nitrogen and oxygen atoms in total. The molecule has 0 radical (unpaired) electrons. The van der Waals surface area contributed by atoms with Crippen LogP contribution in [-0.2, 0) is 19.6 Å². The molecule has 0 fully saturated rings. The zero-order valence-corrected chi connectivity index (χ0v) is 17.8. The highest BCUT2D eigenvalue weighted by atomic mass is 32.2. The fourth-order valence-electron chi connectivity index (χ4n) is 2.61. The predicted octanol–water partition coefficient (Wildman–Crippen LogP) is 3.66. The summed E-state index contributed by atoms with van der Waals surface area (Å²) in [7, 11) is -3.49. The molecule has 0 bridgehead atoms. The summed E-state index contributed by atoms with van der Waals surface area (Å²) in [6.07, 6.45) is 2.89. The minimum atomic E-state index is -3.49. The van der Waals surface area contributed by atoms with Gasteiger partial charge in [-0.15, -0.1) is 0 Å². The summed E-state index contributed by atoms with van der Waals surface area (Å²) in [5.41, 5.74) is 1.85. The standard InChI is InChI=1S/C22H27NO5S/c1-4-23(5-2)29(25,26)21-13-8-19(9-14-21)10-15-22(24)28-17-16-27-20-11-6-18(3)7-12-20/h6-15H,4-5,16-17H2,1-3H3/b15-10+. The maximum atomic E-state index is 12.5. The molecule has 0 aliphatic rings. The third-order valence-corrected chi connectivity index (χ3v) is 6.32. The zero-order chi connectivity index (χ0) is 21.3. The Hall–Kier alpha value is -2.64. The Balaban J connectivity index is 1.83. The smallest absolute Gasteiger partial charge is 0.330 e. The van der Waals surface area contributed by atoms with Crippen LogP contribution in [0.15, 0.2) is 59.5 Å². The van der Waals surface area contributed by atoms with E-state index in [2.05, 4.69) is 0 Å². The SMILES string of the molecule is CCN(CC)S(=O)(=O)c1ccc(/C=C/C(=O)OCCOc2ccc(C)cc2)cc1. The Bertz CT molecular complexity index is 915. The largest absolute Gasteiger partial charge is 0.490 e. The lowest BCUT2D eigenvalue weighted by atomic mass is 10.2. The van der Waals surface area contributed by atoms with Crippen LogP contribution in [0.4, 0.5) is 0 Å². The number of nitrogens with zero attached hydrogens (tertiary/aromatic N) is 1. The first-order valence-corrected chi connectivity index (χ1v) is 10.9. The van der Waals surface area contributed by atoms with E-state index in [1.165, 1.54) is 22.5 Å². The van der Waals surface area contributed by atoms with Crippen molar-refractivity contribution in [3.8, 4) is 5.75 Å². The molecule has 0 aliphatic carbocycles. The van der Waals surface area contributed by atoms with E-state index in [-0.39, 0.29) is 18.1 Å². The molecule has 0 amide bonds. The van der Waals surface area contributed by atoms with Gasteiger partial charge in [-0.25, -0.2) is 13.2 Å². The normalized spacial score (nSPS) is 11.7. The van der Waals surface area contributed by atoms with E-state index in [1.807, 2.05) is 31.2 Å². The lowest BCUT2D eigenvalue weighted by molar-refractivity contribution is -0.138. The van der Waals surface area contributed by atoms with E-state index in [4.69, 9.17) is 9.47 Å². The van der Waals surface area contributed by atoms with Gasteiger partial charge in [-0.2, -0.15) is 4.31 Å². The number of esters is 1. The number of hydrogen-bond acceptors (Lipinski definition) is 5. The Labute approximate surface area is 172 Å². The molecule has 156 valence electrons. The van der Waals surface area contributed by atoms with E-state index >= 15 is 0 Å². The minimum absolute atomic E-state index is 0.137. The molecule has 0 saturated carbocycles. The highest BCUT2D eigenvalue weighted by Gasteiger charge is 2.20. The van der Waals surface area contributed by atoms with Crippen molar-refractivity contribution < 1.29 is 22.7 Å². The fourth-order valence-corrected chi connectivity index (χ4v) is 4.07. The van der Waals surface area contributed by atoms with Crippen LogP contribution in [0, 0.1) is 6.92 Å². The van der Waals surface area contributed by atoms with Crippen LogP contribution in [0.3, 0.4) is 0 Å². The topological polar surface area (TPSA) is 72.9 Å². The number of ether oxygens (including phenoxy) is 2. The van der Waals surface area contributed by atoms with Crippen LogP contribution in [0.25, 0.3) is 6.08 Å². The van der Waals surface area contributed by atoms with Crippen molar-refractivity contribution in [2.75, 3.05) is 26.3 Å². The fraction of sp³-hybridized carbons (Fsp3) is 0.318. The quantitative estimate of drug-likeness (QED) is 0.335. The Morgan fingerprint density at radius 1 is 0.966 bits per heavy atom. The molecule has 29 heavy (non-hydrogen) atoms. The maximum Gasteiger partial charge on any atom is 0.330 e. The van der Waals surface area contributed by atoms with Gasteiger partial charge in [-0.05, 0) is 42.8 Å². The maximum absolute atomic E-state index is 12.5. The highest BCUT2D eigenvalue weighted by Crippen LogP contribution is 2.17. The number of hydrogen-bond donors (Lipinski definition) is 0. The molecule has 2 aromatic carbocycles. The Morgan fingerprint density at radius 2 is 1.59 bits per heavy atom. The van der Waals surface area contributed by atoms with E-state index in [9.17, 15) is 13.2 Å². The van der Waals surface area contributed by atoms with Gasteiger partial charge in [0.15, 0.2) is 0 Å². The number of sulfonamides is 1. The van der Waals surface area contributed by atoms with Gasteiger partial charge >= 0.3 is 5.97 Å². The van der Waals surface area contributed by atoms with Crippen LogP contribution in [-0.4, -0.2) is 45.0 Å². The van der Waals surface area contributed by atoms with Crippen LogP contribution in [0.2, 0.25) is 0 Å². The van der Waals surface area contributed by atoms with Gasteiger partial charge in [0.25, 0.3) is 0 Å². The van der Waals surface area contributed by atoms with E-state index in [0.717, 1.165) is 11.3 Å². The third kappa shape index (κ3) is 6.73. The molecule has 2 aromatic rings. The van der Waals surface area contributed by atoms with E-state index in [0.29, 0.717) is 18.7 Å². The summed E-state index contributed by atoms with van der Waals surface area (Å²) < 4.78 is 36.9. The van der Waals surface area contributed by atoms with E-state index in [1.54, 1.807) is 32.1 Å². The molecule has 0 atom stereocenters. The molecule has 0 spiro atoms. The lowest BCUT2D eigenvalue weighted by Crippen LogP contribution is -2.30. The number of aryl methyl sites for hydroxylation is 1. The van der Waals surface area contributed by atoms with Gasteiger partial charge in [0, 0.05) is 19.2 Å². The van der Waals surface area contributed by atoms with Gasteiger partial charge in [0.1, 0.15) is 19.0 Å². The van der Waals surface area contributed by atoms with Gasteiger partial charge in [0.05, 0.1) is 4.90 Å². The van der Waals surface area contributed by atoms with Crippen molar-refractivity contribution in [1.29, 1.82) is 0 Å². The summed E-state index contributed by atoms with van der Waals surface area (Å²) in [6.45, 7) is 6.83. The van der Waals surface area contributed by atoms with Gasteiger partial charge in [-0.3, -0.25) is 0 Å². The molecular weight excluding hydrogens is 390 g/mol. The lowest BCUT2D eigenvalue weighted by Gasteiger charge is -2.18. The van der Waals surface area contributed by atoms with Gasteiger partial charge < -0.3 is 9.47 Å². The molecule has 0 N–H and O–H groups in total. The minimum Gasteiger partial charge on any atom is -0.490 e.